The molecule has 0 aromatic carbocycles. The molecule has 0 fully saturated rings. The molecule has 0 aromatic rings. The van der Waals surface area contributed by atoms with Crippen molar-refractivity contribution in [2.45, 2.75) is 24.6 Å². The SMILES string of the molecule is CC1=CCC(C)(Br)C=C1Br. The highest BCUT2D eigenvalue weighted by Gasteiger charge is 2.19. The van der Waals surface area contributed by atoms with E-state index in [-0.39, 0.29) is 4.32 Å². The van der Waals surface area contributed by atoms with Gasteiger partial charge >= 0.3 is 0 Å². The van der Waals surface area contributed by atoms with Gasteiger partial charge in [-0.3, -0.25) is 0 Å². The van der Waals surface area contributed by atoms with Gasteiger partial charge in [0.1, 0.15) is 0 Å². The fourth-order valence-electron chi connectivity index (χ4n) is 0.887. The molecule has 0 spiro atoms. The van der Waals surface area contributed by atoms with E-state index in [9.17, 15) is 0 Å². The lowest BCUT2D eigenvalue weighted by Gasteiger charge is -2.21. The van der Waals surface area contributed by atoms with E-state index in [4.69, 9.17) is 0 Å². The Morgan fingerprint density at radius 3 is 2.60 bits per heavy atom. The Balaban J connectivity index is 2.87. The molecule has 1 aliphatic carbocycles. The van der Waals surface area contributed by atoms with Crippen LogP contribution >= 0.6 is 31.9 Å². The van der Waals surface area contributed by atoms with E-state index >= 15 is 0 Å². The van der Waals surface area contributed by atoms with E-state index in [2.05, 4.69) is 57.9 Å². The lowest BCUT2D eigenvalue weighted by Crippen LogP contribution is -2.13. The lowest BCUT2D eigenvalue weighted by atomic mass is 9.99. The third-order valence-electron chi connectivity index (χ3n) is 1.61. The Morgan fingerprint density at radius 2 is 2.20 bits per heavy atom. The minimum atomic E-state index is 0.158. The molecule has 10 heavy (non-hydrogen) atoms. The van der Waals surface area contributed by atoms with Crippen molar-refractivity contribution in [2.24, 2.45) is 0 Å². The number of halogens is 2. The van der Waals surface area contributed by atoms with Crippen molar-refractivity contribution in [3.05, 3.63) is 22.2 Å². The standard InChI is InChI=1S/C8H10Br2/c1-6-3-4-8(2,10)5-7(6)9/h3,5H,4H2,1-2H3. The number of alkyl halides is 1. The minimum Gasteiger partial charge on any atom is -0.0807 e. The van der Waals surface area contributed by atoms with Crippen LogP contribution in [-0.4, -0.2) is 4.32 Å². The quantitative estimate of drug-likeness (QED) is 0.585. The van der Waals surface area contributed by atoms with Crippen LogP contribution in [0.3, 0.4) is 0 Å². The highest BCUT2D eigenvalue weighted by molar-refractivity contribution is 9.12. The summed E-state index contributed by atoms with van der Waals surface area (Å²) < 4.78 is 1.36. The molecule has 0 bridgehead atoms. The first-order valence-corrected chi connectivity index (χ1v) is 4.84. The zero-order valence-electron chi connectivity index (χ0n) is 6.12. The molecule has 1 atom stereocenters. The van der Waals surface area contributed by atoms with E-state index < -0.39 is 0 Å². The fourth-order valence-corrected chi connectivity index (χ4v) is 2.25. The third-order valence-corrected chi connectivity index (χ3v) is 3.02. The van der Waals surface area contributed by atoms with Gasteiger partial charge in [0.25, 0.3) is 0 Å². The van der Waals surface area contributed by atoms with Crippen LogP contribution in [0.25, 0.3) is 0 Å². The van der Waals surface area contributed by atoms with Crippen molar-refractivity contribution in [1.82, 2.24) is 0 Å². The van der Waals surface area contributed by atoms with E-state index in [1.54, 1.807) is 0 Å². The molecular weight excluding hydrogens is 256 g/mol. The molecule has 0 saturated carbocycles. The van der Waals surface area contributed by atoms with E-state index in [1.165, 1.54) is 10.1 Å². The van der Waals surface area contributed by atoms with Crippen molar-refractivity contribution < 1.29 is 0 Å². The first-order valence-electron chi connectivity index (χ1n) is 3.26. The van der Waals surface area contributed by atoms with Crippen LogP contribution < -0.4 is 0 Å². The van der Waals surface area contributed by atoms with Gasteiger partial charge in [-0.2, -0.15) is 0 Å². The number of hydrogen-bond donors (Lipinski definition) is 0. The first-order chi connectivity index (χ1) is 4.51. The van der Waals surface area contributed by atoms with Crippen molar-refractivity contribution >= 4 is 31.9 Å². The van der Waals surface area contributed by atoms with Gasteiger partial charge in [-0.05, 0) is 25.8 Å². The van der Waals surface area contributed by atoms with E-state index in [1.807, 2.05) is 0 Å². The summed E-state index contributed by atoms with van der Waals surface area (Å²) in [5.41, 5.74) is 1.33. The van der Waals surface area contributed by atoms with Crippen LogP contribution in [0.1, 0.15) is 20.3 Å². The molecule has 0 saturated heterocycles. The molecule has 1 aliphatic rings. The van der Waals surface area contributed by atoms with E-state index in [0.717, 1.165) is 6.42 Å². The van der Waals surface area contributed by atoms with Crippen LogP contribution in [-0.2, 0) is 0 Å². The highest BCUT2D eigenvalue weighted by atomic mass is 79.9. The second-order valence-electron chi connectivity index (χ2n) is 2.86. The van der Waals surface area contributed by atoms with Crippen LogP contribution in [0.2, 0.25) is 0 Å². The molecular formula is C8H10Br2. The summed E-state index contributed by atoms with van der Waals surface area (Å²) in [5, 5.41) is 0. The molecule has 2 heteroatoms. The summed E-state index contributed by atoms with van der Waals surface area (Å²) in [4.78, 5) is 0. The molecule has 56 valence electrons. The predicted molar refractivity (Wildman–Crippen MR) is 52.7 cm³/mol. The molecule has 0 nitrogen and oxygen atoms in total. The molecule has 0 N–H and O–H groups in total. The smallest absolute Gasteiger partial charge is 0.0457 e. The van der Waals surface area contributed by atoms with Gasteiger partial charge in [0.05, 0.1) is 0 Å². The Hall–Kier alpha value is 0.440. The second kappa shape index (κ2) is 2.82. The highest BCUT2D eigenvalue weighted by Crippen LogP contribution is 2.34. The lowest BCUT2D eigenvalue weighted by molar-refractivity contribution is 0.806. The summed E-state index contributed by atoms with van der Waals surface area (Å²) in [6.45, 7) is 4.28. The van der Waals surface area contributed by atoms with Crippen LogP contribution in [0, 0.1) is 0 Å². The van der Waals surface area contributed by atoms with Gasteiger partial charge in [0.2, 0.25) is 0 Å². The molecule has 0 radical (unpaired) electrons. The van der Waals surface area contributed by atoms with Crippen molar-refractivity contribution in [1.29, 1.82) is 0 Å². The van der Waals surface area contributed by atoms with Gasteiger partial charge in [-0.25, -0.2) is 0 Å². The number of hydrogen-bond acceptors (Lipinski definition) is 0. The van der Waals surface area contributed by atoms with Gasteiger partial charge in [0.15, 0.2) is 0 Å². The Morgan fingerprint density at radius 1 is 1.60 bits per heavy atom. The van der Waals surface area contributed by atoms with Crippen LogP contribution in [0.5, 0.6) is 0 Å². The zero-order valence-corrected chi connectivity index (χ0v) is 9.29. The van der Waals surface area contributed by atoms with Gasteiger partial charge < -0.3 is 0 Å². The molecule has 0 heterocycles. The van der Waals surface area contributed by atoms with Crippen molar-refractivity contribution in [3.63, 3.8) is 0 Å². The average Bonchev–Trinajstić information content (AvgIpc) is 1.79. The summed E-state index contributed by atoms with van der Waals surface area (Å²) in [6, 6.07) is 0. The molecule has 0 aliphatic heterocycles. The van der Waals surface area contributed by atoms with Crippen molar-refractivity contribution in [3.8, 4) is 0 Å². The van der Waals surface area contributed by atoms with Crippen LogP contribution in [0.4, 0.5) is 0 Å². The summed E-state index contributed by atoms with van der Waals surface area (Å²) in [6.07, 6.45) is 5.51. The van der Waals surface area contributed by atoms with Crippen molar-refractivity contribution in [2.75, 3.05) is 0 Å². The molecule has 0 amide bonds. The molecule has 0 aromatic heterocycles. The fraction of sp³-hybridized carbons (Fsp3) is 0.500. The molecule has 1 unspecified atom stereocenters. The van der Waals surface area contributed by atoms with Crippen LogP contribution in [0.15, 0.2) is 22.2 Å². The maximum Gasteiger partial charge on any atom is 0.0457 e. The summed E-state index contributed by atoms with van der Waals surface area (Å²) >= 11 is 7.10. The number of rotatable bonds is 0. The minimum absolute atomic E-state index is 0.158. The first kappa shape index (κ1) is 8.54. The third kappa shape index (κ3) is 1.96. The normalized spacial score (nSPS) is 33.2. The topological polar surface area (TPSA) is 0 Å². The van der Waals surface area contributed by atoms with E-state index in [0.29, 0.717) is 0 Å². The predicted octanol–water partition coefficient (Wildman–Crippen LogP) is 3.77. The van der Waals surface area contributed by atoms with Gasteiger partial charge in [0, 0.05) is 8.81 Å². The maximum atomic E-state index is 3.61. The van der Waals surface area contributed by atoms with Gasteiger partial charge in [-0.15, -0.1) is 0 Å². The average molecular weight is 266 g/mol. The monoisotopic (exact) mass is 264 g/mol. The summed E-state index contributed by atoms with van der Waals surface area (Å²) in [7, 11) is 0. The Bertz CT molecular complexity index is 199. The number of allylic oxidation sites excluding steroid dienone is 4. The molecule has 1 rings (SSSR count). The summed E-state index contributed by atoms with van der Waals surface area (Å²) in [5.74, 6) is 0. The maximum absolute atomic E-state index is 3.61. The Labute approximate surface area is 78.6 Å². The second-order valence-corrected chi connectivity index (χ2v) is 5.53. The largest absolute Gasteiger partial charge is 0.0807 e. The van der Waals surface area contributed by atoms with Gasteiger partial charge in [-0.1, -0.05) is 44.0 Å². The zero-order chi connectivity index (χ0) is 7.78. The Kier molecular flexibility index (Phi) is 2.41.